The summed E-state index contributed by atoms with van der Waals surface area (Å²) in [6, 6.07) is 15.1. The smallest absolute Gasteiger partial charge is 0.237 e. The molecule has 0 aromatic heterocycles. The van der Waals surface area contributed by atoms with Crippen LogP contribution in [0.2, 0.25) is 0 Å². The first kappa shape index (κ1) is 19.4. The van der Waals surface area contributed by atoms with Crippen LogP contribution in [-0.4, -0.2) is 67.2 Å². The van der Waals surface area contributed by atoms with Crippen molar-refractivity contribution in [3.63, 3.8) is 0 Å². The molecule has 150 valence electrons. The summed E-state index contributed by atoms with van der Waals surface area (Å²) in [6.07, 6.45) is 2.37. The van der Waals surface area contributed by atoms with E-state index in [0.717, 1.165) is 52.2 Å². The summed E-state index contributed by atoms with van der Waals surface area (Å²) in [7, 11) is 0. The van der Waals surface area contributed by atoms with Gasteiger partial charge in [-0.3, -0.25) is 14.6 Å². The highest BCUT2D eigenvalue weighted by Crippen LogP contribution is 2.21. The molecular formula is C23H31N3O2. The van der Waals surface area contributed by atoms with Gasteiger partial charge in [-0.2, -0.15) is 0 Å². The monoisotopic (exact) mass is 381 g/mol. The topological polar surface area (TPSA) is 44.8 Å². The number of ether oxygens (including phenoxy) is 1. The SMILES string of the molecule is C[C@@H](C(=O)NC[C@H]1CCCO1)N1CCN(Cc2cccc3ccccc23)CC1. The van der Waals surface area contributed by atoms with Gasteiger partial charge in [0.15, 0.2) is 0 Å². The summed E-state index contributed by atoms with van der Waals surface area (Å²) in [6.45, 7) is 8.30. The molecule has 1 N–H and O–H groups in total. The molecule has 0 spiro atoms. The Morgan fingerprint density at radius 2 is 1.93 bits per heavy atom. The van der Waals surface area contributed by atoms with Crippen molar-refractivity contribution in [3.05, 3.63) is 48.0 Å². The number of carbonyl (C=O) groups excluding carboxylic acids is 1. The molecular weight excluding hydrogens is 350 g/mol. The van der Waals surface area contributed by atoms with E-state index in [1.807, 2.05) is 6.92 Å². The van der Waals surface area contributed by atoms with Gasteiger partial charge in [0, 0.05) is 45.9 Å². The number of benzene rings is 2. The molecule has 2 aromatic rings. The second-order valence-corrected chi connectivity index (χ2v) is 8.01. The zero-order valence-electron chi connectivity index (χ0n) is 16.8. The lowest BCUT2D eigenvalue weighted by atomic mass is 10.0. The molecule has 0 saturated carbocycles. The van der Waals surface area contributed by atoms with Gasteiger partial charge < -0.3 is 10.1 Å². The molecule has 1 amide bonds. The van der Waals surface area contributed by atoms with Crippen molar-refractivity contribution < 1.29 is 9.53 Å². The van der Waals surface area contributed by atoms with Gasteiger partial charge in [0.1, 0.15) is 0 Å². The lowest BCUT2D eigenvalue weighted by molar-refractivity contribution is -0.127. The zero-order valence-corrected chi connectivity index (χ0v) is 16.8. The molecule has 2 aromatic carbocycles. The number of nitrogens with one attached hydrogen (secondary N) is 1. The maximum absolute atomic E-state index is 12.5. The molecule has 5 nitrogen and oxygen atoms in total. The van der Waals surface area contributed by atoms with Gasteiger partial charge in [-0.1, -0.05) is 42.5 Å². The normalized spacial score (nSPS) is 22.4. The molecule has 2 saturated heterocycles. The van der Waals surface area contributed by atoms with E-state index >= 15 is 0 Å². The van der Waals surface area contributed by atoms with E-state index in [9.17, 15) is 4.79 Å². The highest BCUT2D eigenvalue weighted by atomic mass is 16.5. The minimum Gasteiger partial charge on any atom is -0.376 e. The Morgan fingerprint density at radius 1 is 1.14 bits per heavy atom. The largest absolute Gasteiger partial charge is 0.376 e. The van der Waals surface area contributed by atoms with Crippen LogP contribution in [0.15, 0.2) is 42.5 Å². The van der Waals surface area contributed by atoms with E-state index in [-0.39, 0.29) is 18.1 Å². The molecule has 2 atom stereocenters. The molecule has 2 aliphatic heterocycles. The maximum Gasteiger partial charge on any atom is 0.237 e. The van der Waals surface area contributed by atoms with Crippen LogP contribution < -0.4 is 5.32 Å². The van der Waals surface area contributed by atoms with Crippen LogP contribution >= 0.6 is 0 Å². The fraction of sp³-hybridized carbons (Fsp3) is 0.522. The van der Waals surface area contributed by atoms with Crippen LogP contribution in [-0.2, 0) is 16.1 Å². The number of rotatable bonds is 6. The highest BCUT2D eigenvalue weighted by Gasteiger charge is 2.26. The summed E-state index contributed by atoms with van der Waals surface area (Å²) in [5, 5.41) is 5.72. The predicted molar refractivity (Wildman–Crippen MR) is 112 cm³/mol. The lowest BCUT2D eigenvalue weighted by Crippen LogP contribution is -2.54. The van der Waals surface area contributed by atoms with Gasteiger partial charge in [0.2, 0.25) is 5.91 Å². The van der Waals surface area contributed by atoms with E-state index in [1.165, 1.54) is 16.3 Å². The highest BCUT2D eigenvalue weighted by molar-refractivity contribution is 5.85. The quantitative estimate of drug-likeness (QED) is 0.836. The first-order chi connectivity index (χ1) is 13.7. The molecule has 0 bridgehead atoms. The Labute approximate surface area is 167 Å². The summed E-state index contributed by atoms with van der Waals surface area (Å²) >= 11 is 0. The number of piperazine rings is 1. The predicted octanol–water partition coefficient (Wildman–Crippen LogP) is 2.64. The number of fused-ring (bicyclic) bond motifs is 1. The second-order valence-electron chi connectivity index (χ2n) is 8.01. The molecule has 28 heavy (non-hydrogen) atoms. The third kappa shape index (κ3) is 4.54. The van der Waals surface area contributed by atoms with Crippen molar-refractivity contribution in [2.75, 3.05) is 39.3 Å². The first-order valence-electron chi connectivity index (χ1n) is 10.5. The second kappa shape index (κ2) is 9.03. The average molecular weight is 382 g/mol. The van der Waals surface area contributed by atoms with E-state index in [1.54, 1.807) is 0 Å². The summed E-state index contributed by atoms with van der Waals surface area (Å²) < 4.78 is 5.59. The number of hydrogen-bond acceptors (Lipinski definition) is 4. The van der Waals surface area contributed by atoms with Gasteiger partial charge in [-0.25, -0.2) is 0 Å². The lowest BCUT2D eigenvalue weighted by Gasteiger charge is -2.37. The van der Waals surface area contributed by atoms with Crippen LogP contribution in [0, 0.1) is 0 Å². The summed E-state index contributed by atoms with van der Waals surface area (Å²) in [4.78, 5) is 17.3. The number of amides is 1. The van der Waals surface area contributed by atoms with Gasteiger partial charge in [-0.15, -0.1) is 0 Å². The zero-order chi connectivity index (χ0) is 19.3. The van der Waals surface area contributed by atoms with Crippen molar-refractivity contribution >= 4 is 16.7 Å². The Bertz CT molecular complexity index is 790. The van der Waals surface area contributed by atoms with E-state index < -0.39 is 0 Å². The Morgan fingerprint density at radius 3 is 2.71 bits per heavy atom. The van der Waals surface area contributed by atoms with Crippen molar-refractivity contribution in [2.45, 2.75) is 38.5 Å². The Hall–Kier alpha value is -1.95. The van der Waals surface area contributed by atoms with Crippen LogP contribution in [0.1, 0.15) is 25.3 Å². The van der Waals surface area contributed by atoms with Gasteiger partial charge in [0.05, 0.1) is 12.1 Å². The average Bonchev–Trinajstić information content (AvgIpc) is 3.26. The molecule has 2 heterocycles. The summed E-state index contributed by atoms with van der Waals surface area (Å²) in [5.74, 6) is 0.123. The maximum atomic E-state index is 12.5. The van der Waals surface area contributed by atoms with Crippen molar-refractivity contribution in [1.29, 1.82) is 0 Å². The van der Waals surface area contributed by atoms with Crippen LogP contribution in [0.25, 0.3) is 10.8 Å². The minimum atomic E-state index is -0.0823. The van der Waals surface area contributed by atoms with E-state index in [0.29, 0.717) is 6.54 Å². The minimum absolute atomic E-state index is 0.0823. The standard InChI is InChI=1S/C23H31N3O2/c1-18(23(27)24-16-21-9-5-15-28-21)26-13-11-25(12-14-26)17-20-8-4-7-19-6-2-3-10-22(19)20/h2-4,6-8,10,18,21H,5,9,11-17H2,1H3,(H,24,27)/t18-,21+/m0/s1. The molecule has 0 radical (unpaired) electrons. The van der Waals surface area contributed by atoms with Crippen LogP contribution in [0.5, 0.6) is 0 Å². The number of nitrogens with zero attached hydrogens (tertiary/aromatic N) is 2. The molecule has 0 aliphatic carbocycles. The van der Waals surface area contributed by atoms with Crippen molar-refractivity contribution in [2.24, 2.45) is 0 Å². The number of carbonyl (C=O) groups is 1. The fourth-order valence-electron chi connectivity index (χ4n) is 4.31. The van der Waals surface area contributed by atoms with Crippen LogP contribution in [0.4, 0.5) is 0 Å². The van der Waals surface area contributed by atoms with Crippen LogP contribution in [0.3, 0.4) is 0 Å². The molecule has 5 heteroatoms. The fourth-order valence-corrected chi connectivity index (χ4v) is 4.31. The number of hydrogen-bond donors (Lipinski definition) is 1. The molecule has 2 aliphatic rings. The molecule has 0 unspecified atom stereocenters. The van der Waals surface area contributed by atoms with Gasteiger partial charge >= 0.3 is 0 Å². The Kier molecular flexibility index (Phi) is 6.25. The molecule has 4 rings (SSSR count). The first-order valence-corrected chi connectivity index (χ1v) is 10.5. The van der Waals surface area contributed by atoms with Crippen molar-refractivity contribution in [1.82, 2.24) is 15.1 Å². The van der Waals surface area contributed by atoms with E-state index in [4.69, 9.17) is 4.74 Å². The van der Waals surface area contributed by atoms with Crippen molar-refractivity contribution in [3.8, 4) is 0 Å². The van der Waals surface area contributed by atoms with Gasteiger partial charge in [-0.05, 0) is 36.1 Å². The van der Waals surface area contributed by atoms with Gasteiger partial charge in [0.25, 0.3) is 0 Å². The third-order valence-corrected chi connectivity index (χ3v) is 6.14. The Balaban J connectivity index is 1.27. The van der Waals surface area contributed by atoms with E-state index in [2.05, 4.69) is 57.6 Å². The summed E-state index contributed by atoms with van der Waals surface area (Å²) in [5.41, 5.74) is 1.38. The molecule has 2 fully saturated rings. The third-order valence-electron chi connectivity index (χ3n) is 6.14.